The second-order valence-corrected chi connectivity index (χ2v) is 3.88. The fraction of sp³-hybridized carbons (Fsp3) is 0.0714. The van der Waals surface area contributed by atoms with E-state index in [-0.39, 0.29) is 17.0 Å². The van der Waals surface area contributed by atoms with Gasteiger partial charge in [-0.2, -0.15) is 10.5 Å². The van der Waals surface area contributed by atoms with Gasteiger partial charge < -0.3 is 9.73 Å². The van der Waals surface area contributed by atoms with Crippen molar-refractivity contribution in [2.75, 3.05) is 5.32 Å². The topological polar surface area (TPSA) is 89.8 Å². The van der Waals surface area contributed by atoms with Crippen molar-refractivity contribution < 1.29 is 9.21 Å². The molecule has 1 amide bonds. The van der Waals surface area contributed by atoms with Crippen LogP contribution in [0.25, 0.3) is 0 Å². The van der Waals surface area contributed by atoms with E-state index in [2.05, 4.69) is 5.32 Å². The summed E-state index contributed by atoms with van der Waals surface area (Å²) in [5, 5.41) is 20.3. The van der Waals surface area contributed by atoms with Crippen molar-refractivity contribution in [3.8, 4) is 12.1 Å². The van der Waals surface area contributed by atoms with Gasteiger partial charge in [-0.3, -0.25) is 4.79 Å². The van der Waals surface area contributed by atoms with Crippen LogP contribution >= 0.6 is 0 Å². The van der Waals surface area contributed by atoms with Gasteiger partial charge in [-0.25, -0.2) is 0 Å². The maximum Gasteiger partial charge on any atom is 0.258 e. The van der Waals surface area contributed by atoms with Crippen molar-refractivity contribution in [1.29, 1.82) is 10.5 Å². The van der Waals surface area contributed by atoms with Gasteiger partial charge in [0.05, 0.1) is 16.7 Å². The summed E-state index contributed by atoms with van der Waals surface area (Å²) in [6, 6.07) is 9.97. The molecule has 2 rings (SSSR count). The van der Waals surface area contributed by atoms with E-state index in [9.17, 15) is 4.79 Å². The molecule has 2 aromatic rings. The van der Waals surface area contributed by atoms with Gasteiger partial charge in [0, 0.05) is 5.69 Å². The van der Waals surface area contributed by atoms with E-state index in [1.54, 1.807) is 19.1 Å². The Bertz CT molecular complexity index is 717. The normalized spacial score (nSPS) is 9.42. The minimum atomic E-state index is -0.328. The number of amides is 1. The lowest BCUT2D eigenvalue weighted by molar-refractivity contribution is 0.102. The van der Waals surface area contributed by atoms with Crippen molar-refractivity contribution in [3.05, 3.63) is 53.0 Å². The number of nitrogens with zero attached hydrogens (tertiary/aromatic N) is 2. The van der Waals surface area contributed by atoms with Crippen LogP contribution in [0.4, 0.5) is 5.69 Å². The highest BCUT2D eigenvalue weighted by Crippen LogP contribution is 2.16. The van der Waals surface area contributed by atoms with Crippen LogP contribution in [0.1, 0.15) is 27.2 Å². The Labute approximate surface area is 109 Å². The summed E-state index contributed by atoms with van der Waals surface area (Å²) in [4.78, 5) is 11.9. The lowest BCUT2D eigenvalue weighted by atomic mass is 10.1. The Morgan fingerprint density at radius 3 is 2.53 bits per heavy atom. The minimum absolute atomic E-state index is 0.226. The van der Waals surface area contributed by atoms with Crippen molar-refractivity contribution in [2.24, 2.45) is 0 Å². The number of anilines is 1. The van der Waals surface area contributed by atoms with Crippen molar-refractivity contribution in [1.82, 2.24) is 0 Å². The molecular weight excluding hydrogens is 242 g/mol. The fourth-order valence-electron chi connectivity index (χ4n) is 1.58. The van der Waals surface area contributed by atoms with Gasteiger partial charge in [0.1, 0.15) is 24.2 Å². The zero-order valence-electron chi connectivity index (χ0n) is 10.1. The van der Waals surface area contributed by atoms with Crippen molar-refractivity contribution in [2.45, 2.75) is 6.92 Å². The highest BCUT2D eigenvalue weighted by Gasteiger charge is 2.10. The van der Waals surface area contributed by atoms with Crippen LogP contribution < -0.4 is 5.32 Å². The third-order valence-electron chi connectivity index (χ3n) is 2.51. The third kappa shape index (κ3) is 2.62. The number of rotatable bonds is 2. The van der Waals surface area contributed by atoms with Crippen LogP contribution in [-0.4, -0.2) is 5.91 Å². The van der Waals surface area contributed by atoms with Crippen molar-refractivity contribution >= 4 is 11.6 Å². The van der Waals surface area contributed by atoms with Gasteiger partial charge in [-0.1, -0.05) is 0 Å². The summed E-state index contributed by atoms with van der Waals surface area (Å²) < 4.78 is 5.05. The second kappa shape index (κ2) is 5.07. The molecule has 1 heterocycles. The molecule has 92 valence electrons. The Hall–Kier alpha value is -3.05. The van der Waals surface area contributed by atoms with E-state index in [4.69, 9.17) is 14.9 Å². The number of aryl methyl sites for hydroxylation is 1. The quantitative estimate of drug-likeness (QED) is 0.888. The largest absolute Gasteiger partial charge is 0.469 e. The van der Waals surface area contributed by atoms with E-state index in [1.807, 2.05) is 12.1 Å². The molecule has 0 saturated carbocycles. The summed E-state index contributed by atoms with van der Waals surface area (Å²) in [6.45, 7) is 1.74. The van der Waals surface area contributed by atoms with Crippen LogP contribution in [0.15, 0.2) is 34.9 Å². The molecule has 0 aliphatic carbocycles. The average molecular weight is 251 g/mol. The van der Waals surface area contributed by atoms with Crippen LogP contribution in [0.3, 0.4) is 0 Å². The van der Waals surface area contributed by atoms with Gasteiger partial charge in [0.15, 0.2) is 0 Å². The number of carbonyl (C=O) groups excluding carboxylic acids is 1. The second-order valence-electron chi connectivity index (χ2n) is 3.88. The fourth-order valence-corrected chi connectivity index (χ4v) is 1.58. The maximum atomic E-state index is 11.9. The maximum absolute atomic E-state index is 11.9. The number of hydrogen-bond acceptors (Lipinski definition) is 4. The van der Waals surface area contributed by atoms with Gasteiger partial charge in [0.2, 0.25) is 0 Å². The first-order valence-electron chi connectivity index (χ1n) is 5.45. The number of nitrogens with one attached hydrogen (secondary N) is 1. The van der Waals surface area contributed by atoms with Crippen molar-refractivity contribution in [3.63, 3.8) is 0 Å². The number of furan rings is 1. The molecule has 0 bridgehead atoms. The molecule has 0 unspecified atom stereocenters. The molecule has 0 spiro atoms. The number of nitriles is 2. The van der Waals surface area contributed by atoms with E-state index in [0.717, 1.165) is 0 Å². The van der Waals surface area contributed by atoms with Gasteiger partial charge in [0.25, 0.3) is 5.91 Å². The van der Waals surface area contributed by atoms with E-state index < -0.39 is 0 Å². The molecule has 0 atom stereocenters. The molecular formula is C14H9N3O2. The zero-order chi connectivity index (χ0) is 13.8. The molecule has 0 radical (unpaired) electrons. The lowest BCUT2D eigenvalue weighted by Gasteiger charge is -2.04. The predicted molar refractivity (Wildman–Crippen MR) is 67.3 cm³/mol. The van der Waals surface area contributed by atoms with Crippen LogP contribution in [0.5, 0.6) is 0 Å². The molecule has 19 heavy (non-hydrogen) atoms. The Morgan fingerprint density at radius 1 is 1.21 bits per heavy atom. The summed E-state index contributed by atoms with van der Waals surface area (Å²) in [5.74, 6) is 0.313. The van der Waals surface area contributed by atoms with Crippen LogP contribution in [0, 0.1) is 29.6 Å². The molecule has 1 N–H and O–H groups in total. The SMILES string of the molecule is Cc1cc(C(=O)Nc2ccc(C#N)c(C#N)c2)co1. The first kappa shape index (κ1) is 12.4. The molecule has 1 aromatic carbocycles. The summed E-state index contributed by atoms with van der Waals surface area (Å²) in [5.41, 5.74) is 1.36. The minimum Gasteiger partial charge on any atom is -0.469 e. The third-order valence-corrected chi connectivity index (χ3v) is 2.51. The molecule has 0 aliphatic heterocycles. The first-order valence-corrected chi connectivity index (χ1v) is 5.45. The zero-order valence-corrected chi connectivity index (χ0v) is 10.1. The first-order chi connectivity index (χ1) is 9.13. The molecule has 1 aromatic heterocycles. The van der Waals surface area contributed by atoms with E-state index in [0.29, 0.717) is 17.0 Å². The lowest BCUT2D eigenvalue weighted by Crippen LogP contribution is -2.11. The molecule has 0 aliphatic rings. The highest BCUT2D eigenvalue weighted by molar-refractivity contribution is 6.04. The Balaban J connectivity index is 2.23. The molecule has 0 fully saturated rings. The summed E-state index contributed by atoms with van der Waals surface area (Å²) >= 11 is 0. The predicted octanol–water partition coefficient (Wildman–Crippen LogP) is 2.58. The molecule has 5 heteroatoms. The summed E-state index contributed by atoms with van der Waals surface area (Å²) in [7, 11) is 0. The van der Waals surface area contributed by atoms with Crippen LogP contribution in [0.2, 0.25) is 0 Å². The van der Waals surface area contributed by atoms with Gasteiger partial charge in [-0.15, -0.1) is 0 Å². The van der Waals surface area contributed by atoms with Gasteiger partial charge >= 0.3 is 0 Å². The Kier molecular flexibility index (Phi) is 3.31. The van der Waals surface area contributed by atoms with E-state index >= 15 is 0 Å². The highest BCUT2D eigenvalue weighted by atomic mass is 16.3. The monoisotopic (exact) mass is 251 g/mol. The average Bonchev–Trinajstić information content (AvgIpc) is 2.85. The summed E-state index contributed by atoms with van der Waals surface area (Å²) in [6.07, 6.45) is 1.36. The number of carbonyl (C=O) groups is 1. The Morgan fingerprint density at radius 2 is 1.95 bits per heavy atom. The number of benzene rings is 1. The van der Waals surface area contributed by atoms with E-state index in [1.165, 1.54) is 18.4 Å². The smallest absolute Gasteiger partial charge is 0.258 e. The molecule has 0 saturated heterocycles. The molecule has 5 nitrogen and oxygen atoms in total. The van der Waals surface area contributed by atoms with Gasteiger partial charge in [-0.05, 0) is 31.2 Å². The van der Waals surface area contributed by atoms with Crippen LogP contribution in [-0.2, 0) is 0 Å². The standard InChI is InChI=1S/C14H9N3O2/c1-9-4-12(8-19-9)14(18)17-13-3-2-10(6-15)11(5-13)7-16/h2-5,8H,1H3,(H,17,18). The number of hydrogen-bond donors (Lipinski definition) is 1.